The lowest BCUT2D eigenvalue weighted by Gasteiger charge is -2.21. The zero-order valence-electron chi connectivity index (χ0n) is 10.6. The number of hydrogen-bond acceptors (Lipinski definition) is 2. The van der Waals surface area contributed by atoms with Crippen LogP contribution >= 0.6 is 0 Å². The van der Waals surface area contributed by atoms with Crippen LogP contribution in [0, 0.1) is 11.8 Å². The number of carbonyl (C=O) groups excluding carboxylic acids is 1. The molecule has 0 aromatic rings. The average molecular weight is 240 g/mol. The molecule has 0 radical (unpaired) electrons. The second kappa shape index (κ2) is 5.71. The molecule has 4 nitrogen and oxygen atoms in total. The first-order valence-corrected chi connectivity index (χ1v) is 6.92. The number of rotatable bonds is 7. The average Bonchev–Trinajstić information content (AvgIpc) is 3.18. The number of carbonyl (C=O) groups is 1. The van der Waals surface area contributed by atoms with Crippen molar-refractivity contribution >= 4 is 6.03 Å². The monoisotopic (exact) mass is 240 g/mol. The van der Waals surface area contributed by atoms with Crippen molar-refractivity contribution in [3.63, 3.8) is 0 Å². The van der Waals surface area contributed by atoms with E-state index in [1.807, 2.05) is 6.92 Å². The Hall–Kier alpha value is -0.770. The topological polar surface area (TPSA) is 61.4 Å². The van der Waals surface area contributed by atoms with Crippen molar-refractivity contribution in [2.45, 2.75) is 57.5 Å². The van der Waals surface area contributed by atoms with Gasteiger partial charge >= 0.3 is 6.03 Å². The van der Waals surface area contributed by atoms with E-state index in [0.29, 0.717) is 12.5 Å². The lowest BCUT2D eigenvalue weighted by atomic mass is 10.1. The Morgan fingerprint density at radius 1 is 1.24 bits per heavy atom. The van der Waals surface area contributed by atoms with Crippen LogP contribution in [0.25, 0.3) is 0 Å². The molecule has 17 heavy (non-hydrogen) atoms. The number of aliphatic hydroxyl groups is 1. The summed E-state index contributed by atoms with van der Waals surface area (Å²) in [5.74, 6) is 1.46. The Balaban J connectivity index is 1.74. The molecule has 0 aromatic carbocycles. The minimum absolute atomic E-state index is 0.0471. The summed E-state index contributed by atoms with van der Waals surface area (Å²) in [6, 6.07) is 0.454. The van der Waals surface area contributed by atoms with Gasteiger partial charge in [0.1, 0.15) is 0 Å². The lowest BCUT2D eigenvalue weighted by Crippen LogP contribution is -2.47. The summed E-state index contributed by atoms with van der Waals surface area (Å²) in [6.45, 7) is 2.16. The Labute approximate surface area is 103 Å². The van der Waals surface area contributed by atoms with Crippen LogP contribution in [0.2, 0.25) is 0 Å². The van der Waals surface area contributed by atoms with E-state index in [4.69, 9.17) is 5.11 Å². The molecule has 0 aromatic heterocycles. The molecule has 1 unspecified atom stereocenters. The Bertz CT molecular complexity index is 250. The van der Waals surface area contributed by atoms with Gasteiger partial charge in [-0.3, -0.25) is 0 Å². The minimum atomic E-state index is -0.0471. The largest absolute Gasteiger partial charge is 0.396 e. The van der Waals surface area contributed by atoms with Crippen molar-refractivity contribution < 1.29 is 9.90 Å². The number of hydrogen-bond donors (Lipinski definition) is 3. The molecule has 2 aliphatic carbocycles. The van der Waals surface area contributed by atoms with Crippen LogP contribution < -0.4 is 10.6 Å². The molecule has 4 heteroatoms. The van der Waals surface area contributed by atoms with Crippen molar-refractivity contribution in [2.75, 3.05) is 6.61 Å². The van der Waals surface area contributed by atoms with E-state index in [1.54, 1.807) is 0 Å². The summed E-state index contributed by atoms with van der Waals surface area (Å²) >= 11 is 0. The highest BCUT2D eigenvalue weighted by Crippen LogP contribution is 2.44. The highest BCUT2D eigenvalue weighted by molar-refractivity contribution is 5.74. The smallest absolute Gasteiger partial charge is 0.315 e. The SMILES string of the molecule is CCC(CCO)NC(=O)NC(C1CC1)C1CC1. The quantitative estimate of drug-likeness (QED) is 0.633. The van der Waals surface area contributed by atoms with Gasteiger partial charge in [0.25, 0.3) is 0 Å². The fourth-order valence-electron chi connectivity index (χ4n) is 2.44. The van der Waals surface area contributed by atoms with Gasteiger partial charge < -0.3 is 15.7 Å². The van der Waals surface area contributed by atoms with Crippen LogP contribution in [-0.4, -0.2) is 29.8 Å². The predicted molar refractivity (Wildman–Crippen MR) is 66.7 cm³/mol. The van der Waals surface area contributed by atoms with Crippen LogP contribution in [0.4, 0.5) is 4.79 Å². The highest BCUT2D eigenvalue weighted by atomic mass is 16.3. The molecule has 2 fully saturated rings. The van der Waals surface area contributed by atoms with Crippen LogP contribution in [-0.2, 0) is 0 Å². The number of aliphatic hydroxyl groups excluding tert-OH is 1. The maximum absolute atomic E-state index is 11.9. The lowest BCUT2D eigenvalue weighted by molar-refractivity contribution is 0.221. The Morgan fingerprint density at radius 2 is 1.82 bits per heavy atom. The van der Waals surface area contributed by atoms with Crippen LogP contribution in [0.1, 0.15) is 45.4 Å². The normalized spacial score (nSPS) is 21.4. The zero-order valence-corrected chi connectivity index (χ0v) is 10.6. The first-order valence-electron chi connectivity index (χ1n) is 6.92. The third kappa shape index (κ3) is 3.87. The van der Waals surface area contributed by atoms with Crippen LogP contribution in [0.3, 0.4) is 0 Å². The van der Waals surface area contributed by atoms with E-state index in [-0.39, 0.29) is 18.7 Å². The number of amides is 2. The second-order valence-electron chi connectivity index (χ2n) is 5.44. The molecule has 2 aliphatic rings. The van der Waals surface area contributed by atoms with E-state index in [1.165, 1.54) is 25.7 Å². The molecule has 0 aliphatic heterocycles. The van der Waals surface area contributed by atoms with Gasteiger partial charge in [-0.05, 0) is 50.4 Å². The summed E-state index contributed by atoms with van der Waals surface area (Å²) in [5.41, 5.74) is 0. The van der Waals surface area contributed by atoms with Gasteiger partial charge in [-0.1, -0.05) is 6.92 Å². The third-order valence-electron chi connectivity index (χ3n) is 3.86. The van der Waals surface area contributed by atoms with Crippen molar-refractivity contribution in [1.29, 1.82) is 0 Å². The molecular weight excluding hydrogens is 216 g/mol. The number of nitrogens with one attached hydrogen (secondary N) is 2. The van der Waals surface area contributed by atoms with E-state index in [0.717, 1.165) is 18.3 Å². The summed E-state index contributed by atoms with van der Waals surface area (Å²) < 4.78 is 0. The van der Waals surface area contributed by atoms with Gasteiger partial charge in [-0.2, -0.15) is 0 Å². The maximum Gasteiger partial charge on any atom is 0.315 e. The Morgan fingerprint density at radius 3 is 2.24 bits per heavy atom. The molecule has 2 rings (SSSR count). The van der Waals surface area contributed by atoms with E-state index in [2.05, 4.69) is 10.6 Å². The summed E-state index contributed by atoms with van der Waals surface area (Å²) in [5, 5.41) is 15.0. The molecule has 0 heterocycles. The fraction of sp³-hybridized carbons (Fsp3) is 0.923. The maximum atomic E-state index is 11.9. The molecular formula is C13H24N2O2. The van der Waals surface area contributed by atoms with Gasteiger partial charge in [0.15, 0.2) is 0 Å². The Kier molecular flexibility index (Phi) is 4.26. The molecule has 0 spiro atoms. The first-order chi connectivity index (χ1) is 8.24. The second-order valence-corrected chi connectivity index (χ2v) is 5.44. The van der Waals surface area contributed by atoms with E-state index < -0.39 is 0 Å². The van der Waals surface area contributed by atoms with Gasteiger partial charge in [-0.15, -0.1) is 0 Å². The molecule has 98 valence electrons. The highest BCUT2D eigenvalue weighted by Gasteiger charge is 2.42. The summed E-state index contributed by atoms with van der Waals surface area (Å²) in [4.78, 5) is 11.9. The van der Waals surface area contributed by atoms with Gasteiger partial charge in [0, 0.05) is 18.7 Å². The molecule has 2 saturated carbocycles. The van der Waals surface area contributed by atoms with Crippen LogP contribution in [0.15, 0.2) is 0 Å². The molecule has 0 saturated heterocycles. The molecule has 1 atom stereocenters. The predicted octanol–water partition coefficient (Wildman–Crippen LogP) is 1.64. The standard InChI is InChI=1S/C13H24N2O2/c1-2-11(7-8-16)14-13(17)15-12(9-3-4-9)10-5-6-10/h9-12,16H,2-8H2,1H3,(H2,14,15,17). The van der Waals surface area contributed by atoms with Crippen molar-refractivity contribution in [3.8, 4) is 0 Å². The molecule has 2 amide bonds. The van der Waals surface area contributed by atoms with Crippen molar-refractivity contribution in [3.05, 3.63) is 0 Å². The van der Waals surface area contributed by atoms with Crippen LogP contribution in [0.5, 0.6) is 0 Å². The fourth-order valence-corrected chi connectivity index (χ4v) is 2.44. The molecule has 3 N–H and O–H groups in total. The zero-order chi connectivity index (χ0) is 12.3. The molecule has 0 bridgehead atoms. The van der Waals surface area contributed by atoms with E-state index >= 15 is 0 Å². The van der Waals surface area contributed by atoms with Crippen molar-refractivity contribution in [2.24, 2.45) is 11.8 Å². The van der Waals surface area contributed by atoms with Crippen molar-refractivity contribution in [1.82, 2.24) is 10.6 Å². The van der Waals surface area contributed by atoms with E-state index in [9.17, 15) is 4.79 Å². The van der Waals surface area contributed by atoms with Gasteiger partial charge in [0.05, 0.1) is 0 Å². The summed E-state index contributed by atoms with van der Waals surface area (Å²) in [7, 11) is 0. The third-order valence-corrected chi connectivity index (χ3v) is 3.86. The summed E-state index contributed by atoms with van der Waals surface area (Å²) in [6.07, 6.45) is 6.60. The number of urea groups is 1. The van der Waals surface area contributed by atoms with Gasteiger partial charge in [-0.25, -0.2) is 4.79 Å². The first kappa shape index (κ1) is 12.7. The van der Waals surface area contributed by atoms with Gasteiger partial charge in [0.2, 0.25) is 0 Å². The minimum Gasteiger partial charge on any atom is -0.396 e.